The third-order valence-corrected chi connectivity index (χ3v) is 5.24. The van der Waals surface area contributed by atoms with Crippen molar-refractivity contribution >= 4 is 0 Å². The highest BCUT2D eigenvalue weighted by Crippen LogP contribution is 2.40. The number of pyridine rings is 1. The predicted octanol–water partition coefficient (Wildman–Crippen LogP) is 6.22. The van der Waals surface area contributed by atoms with Crippen LogP contribution in [0, 0.1) is 0 Å². The van der Waals surface area contributed by atoms with Crippen LogP contribution in [-0.4, -0.2) is 20.0 Å². The second-order valence-electron chi connectivity index (χ2n) is 10.9. The Morgan fingerprint density at radius 2 is 1.31 bits per heavy atom. The first-order valence-electron chi connectivity index (χ1n) is 10.3. The fraction of sp³-hybridized carbons (Fsp3) is 0.480. The van der Waals surface area contributed by atoms with Gasteiger partial charge in [-0.15, -0.1) is 5.10 Å². The number of rotatable bonds is 2. The van der Waals surface area contributed by atoms with Gasteiger partial charge in [-0.25, -0.2) is 4.68 Å². The highest BCUT2D eigenvalue weighted by molar-refractivity contribution is 5.59. The first-order valence-corrected chi connectivity index (χ1v) is 10.3. The Kier molecular flexibility index (Phi) is 5.18. The molecule has 4 heteroatoms. The molecule has 0 fully saturated rings. The van der Waals surface area contributed by atoms with Crippen LogP contribution in [0.1, 0.15) is 79.0 Å². The smallest absolute Gasteiger partial charge is 0.131 e. The highest BCUT2D eigenvalue weighted by atomic mass is 15.4. The lowest BCUT2D eigenvalue weighted by Crippen LogP contribution is -2.25. The van der Waals surface area contributed by atoms with Gasteiger partial charge < -0.3 is 0 Å². The lowest BCUT2D eigenvalue weighted by molar-refractivity contribution is 0.538. The van der Waals surface area contributed by atoms with Gasteiger partial charge in [0.2, 0.25) is 0 Å². The first kappa shape index (κ1) is 21.2. The quantitative estimate of drug-likeness (QED) is 0.521. The Labute approximate surface area is 175 Å². The van der Waals surface area contributed by atoms with Crippen LogP contribution >= 0.6 is 0 Å². The standard InChI is InChI=1S/C25H34N4/c1-23(2,3)17-14-18(24(4,5)6)22(19(15-17)25(7,8)9)29-16-21(27-28-29)20-12-10-11-13-26-20/h10-16H,1-9H3. The second-order valence-corrected chi connectivity index (χ2v) is 10.9. The molecule has 0 amide bonds. The van der Waals surface area contributed by atoms with E-state index in [1.54, 1.807) is 6.20 Å². The van der Waals surface area contributed by atoms with Crippen molar-refractivity contribution in [3.63, 3.8) is 0 Å². The average molecular weight is 391 g/mol. The van der Waals surface area contributed by atoms with Crippen molar-refractivity contribution in [3.05, 3.63) is 59.4 Å². The van der Waals surface area contributed by atoms with Crippen LogP contribution in [0.15, 0.2) is 42.7 Å². The van der Waals surface area contributed by atoms with Gasteiger partial charge in [-0.1, -0.05) is 85.7 Å². The summed E-state index contributed by atoms with van der Waals surface area (Å²) in [5.74, 6) is 0. The van der Waals surface area contributed by atoms with Gasteiger partial charge in [0, 0.05) is 6.20 Å². The fourth-order valence-electron chi connectivity index (χ4n) is 3.46. The van der Waals surface area contributed by atoms with Crippen LogP contribution in [0.2, 0.25) is 0 Å². The van der Waals surface area contributed by atoms with Crippen LogP contribution < -0.4 is 0 Å². The molecule has 154 valence electrons. The number of nitrogens with zero attached hydrogens (tertiary/aromatic N) is 4. The molecule has 0 aliphatic carbocycles. The van der Waals surface area contributed by atoms with Crippen molar-refractivity contribution in [3.8, 4) is 17.1 Å². The summed E-state index contributed by atoms with van der Waals surface area (Å²) in [6, 6.07) is 10.6. The topological polar surface area (TPSA) is 43.6 Å². The first-order chi connectivity index (χ1) is 13.3. The van der Waals surface area contributed by atoms with Crippen molar-refractivity contribution < 1.29 is 0 Å². The zero-order valence-electron chi connectivity index (χ0n) is 19.3. The Morgan fingerprint density at radius 1 is 0.724 bits per heavy atom. The predicted molar refractivity (Wildman–Crippen MR) is 121 cm³/mol. The summed E-state index contributed by atoms with van der Waals surface area (Å²) in [7, 11) is 0. The zero-order valence-corrected chi connectivity index (χ0v) is 19.3. The molecule has 0 radical (unpaired) electrons. The number of hydrogen-bond donors (Lipinski definition) is 0. The maximum Gasteiger partial charge on any atom is 0.131 e. The molecule has 0 saturated carbocycles. The Balaban J connectivity index is 2.31. The zero-order chi connectivity index (χ0) is 21.6. The normalized spacial score (nSPS) is 13.0. The number of benzene rings is 1. The maximum atomic E-state index is 4.53. The molecule has 3 aromatic rings. The van der Waals surface area contributed by atoms with Crippen molar-refractivity contribution in [1.29, 1.82) is 0 Å². The van der Waals surface area contributed by atoms with E-state index in [-0.39, 0.29) is 16.2 Å². The van der Waals surface area contributed by atoms with Crippen molar-refractivity contribution in [2.45, 2.75) is 78.6 Å². The molecule has 0 spiro atoms. The minimum absolute atomic E-state index is 0.0340. The van der Waals surface area contributed by atoms with E-state index in [0.717, 1.165) is 17.1 Å². The molecular weight excluding hydrogens is 356 g/mol. The van der Waals surface area contributed by atoms with Gasteiger partial charge in [0.05, 0.1) is 17.6 Å². The minimum Gasteiger partial charge on any atom is -0.254 e. The van der Waals surface area contributed by atoms with Gasteiger partial charge in [-0.05, 0) is 45.1 Å². The van der Waals surface area contributed by atoms with E-state index in [0.29, 0.717) is 0 Å². The fourth-order valence-corrected chi connectivity index (χ4v) is 3.46. The summed E-state index contributed by atoms with van der Waals surface area (Å²) in [5.41, 5.74) is 6.67. The van der Waals surface area contributed by atoms with Gasteiger partial charge in [-0.3, -0.25) is 4.98 Å². The summed E-state index contributed by atoms with van der Waals surface area (Å²) < 4.78 is 1.94. The van der Waals surface area contributed by atoms with Gasteiger partial charge in [0.25, 0.3) is 0 Å². The van der Waals surface area contributed by atoms with Crippen LogP contribution in [-0.2, 0) is 16.2 Å². The van der Waals surface area contributed by atoms with Crippen LogP contribution in [0.25, 0.3) is 17.1 Å². The van der Waals surface area contributed by atoms with Crippen molar-refractivity contribution in [2.24, 2.45) is 0 Å². The van der Waals surface area contributed by atoms with E-state index < -0.39 is 0 Å². The van der Waals surface area contributed by atoms with E-state index in [2.05, 4.69) is 89.7 Å². The Morgan fingerprint density at radius 3 is 1.76 bits per heavy atom. The molecule has 1 aromatic carbocycles. The number of aromatic nitrogens is 4. The second kappa shape index (κ2) is 7.08. The van der Waals surface area contributed by atoms with Gasteiger partial charge in [-0.2, -0.15) is 0 Å². The van der Waals surface area contributed by atoms with Crippen LogP contribution in [0.5, 0.6) is 0 Å². The van der Waals surface area contributed by atoms with Crippen molar-refractivity contribution in [1.82, 2.24) is 20.0 Å². The molecule has 0 aliphatic heterocycles. The van der Waals surface area contributed by atoms with Gasteiger partial charge in [0.15, 0.2) is 0 Å². The Bertz CT molecular complexity index is 959. The summed E-state index contributed by atoms with van der Waals surface area (Å²) in [6.07, 6.45) is 3.78. The summed E-state index contributed by atoms with van der Waals surface area (Å²) >= 11 is 0. The molecule has 2 aromatic heterocycles. The van der Waals surface area contributed by atoms with E-state index >= 15 is 0 Å². The van der Waals surface area contributed by atoms with E-state index in [9.17, 15) is 0 Å². The van der Waals surface area contributed by atoms with Crippen molar-refractivity contribution in [2.75, 3.05) is 0 Å². The maximum absolute atomic E-state index is 4.53. The van der Waals surface area contributed by atoms with Gasteiger partial charge in [0.1, 0.15) is 5.69 Å². The van der Waals surface area contributed by atoms with E-state index in [4.69, 9.17) is 0 Å². The Hall–Kier alpha value is -2.49. The molecule has 0 unspecified atom stereocenters. The third kappa shape index (κ3) is 4.42. The average Bonchev–Trinajstić information content (AvgIpc) is 3.09. The molecule has 0 aliphatic rings. The lowest BCUT2D eigenvalue weighted by Gasteiger charge is -2.33. The van der Waals surface area contributed by atoms with Crippen LogP contribution in [0.4, 0.5) is 0 Å². The molecule has 0 atom stereocenters. The van der Waals surface area contributed by atoms with E-state index in [1.165, 1.54) is 16.7 Å². The van der Waals surface area contributed by atoms with Crippen LogP contribution in [0.3, 0.4) is 0 Å². The molecular formula is C25H34N4. The van der Waals surface area contributed by atoms with E-state index in [1.807, 2.05) is 29.1 Å². The molecule has 0 saturated heterocycles. The summed E-state index contributed by atoms with van der Waals surface area (Å²) in [4.78, 5) is 4.43. The molecule has 0 bridgehead atoms. The monoisotopic (exact) mass is 390 g/mol. The number of hydrogen-bond acceptors (Lipinski definition) is 3. The summed E-state index contributed by atoms with van der Waals surface area (Å²) in [6.45, 7) is 20.4. The molecule has 4 nitrogen and oxygen atoms in total. The molecule has 0 N–H and O–H groups in total. The molecule has 2 heterocycles. The SMILES string of the molecule is CC(C)(C)c1cc(C(C)(C)C)c(-n2cc(-c3ccccn3)nn2)c(C(C)(C)C)c1. The molecule has 3 rings (SSSR count). The minimum atomic E-state index is -0.0340. The summed E-state index contributed by atoms with van der Waals surface area (Å²) in [5, 5.41) is 8.96. The highest BCUT2D eigenvalue weighted by Gasteiger charge is 2.30. The third-order valence-electron chi connectivity index (χ3n) is 5.24. The van der Waals surface area contributed by atoms with Gasteiger partial charge >= 0.3 is 0 Å². The molecule has 29 heavy (non-hydrogen) atoms. The lowest BCUT2D eigenvalue weighted by atomic mass is 9.74. The largest absolute Gasteiger partial charge is 0.254 e.